The first kappa shape index (κ1) is 12.7. The molecule has 0 aliphatic carbocycles. The molecule has 0 radical (unpaired) electrons. The fraction of sp³-hybridized carbons (Fsp3) is 0.462. The zero-order valence-electron chi connectivity index (χ0n) is 9.85. The average molecular weight is 223 g/mol. The van der Waals surface area contributed by atoms with Crippen molar-refractivity contribution >= 4 is 5.91 Å². The maximum Gasteiger partial charge on any atom is 0.219 e. The molecule has 1 aromatic carbocycles. The molecule has 0 fully saturated rings. The van der Waals surface area contributed by atoms with Crippen molar-refractivity contribution in [3.05, 3.63) is 35.1 Å². The molecule has 2 nitrogen and oxygen atoms in total. The van der Waals surface area contributed by atoms with Gasteiger partial charge in [-0.05, 0) is 37.0 Å². The Labute approximate surface area is 95.9 Å². The van der Waals surface area contributed by atoms with Gasteiger partial charge in [-0.25, -0.2) is 4.39 Å². The van der Waals surface area contributed by atoms with Crippen molar-refractivity contribution in [2.45, 2.75) is 33.1 Å². The summed E-state index contributed by atoms with van der Waals surface area (Å²) in [6.07, 6.45) is 2.18. The van der Waals surface area contributed by atoms with E-state index in [1.807, 2.05) is 13.0 Å². The third kappa shape index (κ3) is 4.01. The van der Waals surface area contributed by atoms with Crippen LogP contribution in [-0.4, -0.2) is 12.5 Å². The summed E-state index contributed by atoms with van der Waals surface area (Å²) in [6, 6.07) is 5.05. The molecule has 1 rings (SSSR count). The maximum absolute atomic E-state index is 13.0. The molecule has 0 saturated heterocycles. The zero-order valence-corrected chi connectivity index (χ0v) is 9.85. The number of hydrogen-bond donors (Lipinski definition) is 1. The highest BCUT2D eigenvalue weighted by Crippen LogP contribution is 2.09. The lowest BCUT2D eigenvalue weighted by molar-refractivity contribution is -0.121. The minimum absolute atomic E-state index is 0.0846. The van der Waals surface area contributed by atoms with Gasteiger partial charge in [0.05, 0.1) is 0 Å². The van der Waals surface area contributed by atoms with E-state index >= 15 is 0 Å². The first-order chi connectivity index (χ1) is 7.63. The number of amides is 1. The average Bonchev–Trinajstić information content (AvgIpc) is 2.24. The van der Waals surface area contributed by atoms with Gasteiger partial charge in [-0.1, -0.05) is 19.1 Å². The van der Waals surface area contributed by atoms with Gasteiger partial charge in [-0.2, -0.15) is 0 Å². The zero-order chi connectivity index (χ0) is 12.0. The number of carbonyl (C=O) groups is 1. The Kier molecular flexibility index (Phi) is 4.96. The van der Waals surface area contributed by atoms with Gasteiger partial charge in [0.1, 0.15) is 5.82 Å². The molecule has 1 N–H and O–H groups in total. The number of aryl methyl sites for hydroxylation is 1. The quantitative estimate of drug-likeness (QED) is 0.816. The highest BCUT2D eigenvalue weighted by Gasteiger charge is 2.01. The van der Waals surface area contributed by atoms with Crippen LogP contribution in [-0.2, 0) is 11.2 Å². The van der Waals surface area contributed by atoms with Gasteiger partial charge >= 0.3 is 0 Å². The Hall–Kier alpha value is -1.38. The predicted octanol–water partition coefficient (Wildman–Crippen LogP) is 2.59. The summed E-state index contributed by atoms with van der Waals surface area (Å²) < 4.78 is 13.0. The number of halogens is 1. The Morgan fingerprint density at radius 1 is 1.44 bits per heavy atom. The molecule has 0 heterocycles. The summed E-state index contributed by atoms with van der Waals surface area (Å²) in [5.74, 6) is -0.0971. The van der Waals surface area contributed by atoms with Crippen LogP contribution >= 0.6 is 0 Å². The Bertz CT molecular complexity index is 363. The molecule has 0 aromatic heterocycles. The van der Waals surface area contributed by atoms with Crippen LogP contribution < -0.4 is 5.32 Å². The Morgan fingerprint density at radius 3 is 2.81 bits per heavy atom. The smallest absolute Gasteiger partial charge is 0.219 e. The van der Waals surface area contributed by atoms with Crippen LogP contribution in [0, 0.1) is 12.7 Å². The first-order valence-corrected chi connectivity index (χ1v) is 5.65. The van der Waals surface area contributed by atoms with Gasteiger partial charge in [-0.3, -0.25) is 4.79 Å². The van der Waals surface area contributed by atoms with Crippen LogP contribution in [0.3, 0.4) is 0 Å². The lowest BCUT2D eigenvalue weighted by Gasteiger charge is -2.05. The van der Waals surface area contributed by atoms with Crippen LogP contribution in [0.15, 0.2) is 18.2 Å². The van der Waals surface area contributed by atoms with E-state index in [1.165, 1.54) is 6.07 Å². The number of benzene rings is 1. The summed E-state index contributed by atoms with van der Waals surface area (Å²) in [5, 5.41) is 2.83. The highest BCUT2D eigenvalue weighted by molar-refractivity contribution is 5.75. The standard InChI is InChI=1S/C13H18FNO/c1-3-4-13(16)15-8-7-11-5-6-12(14)10(2)9-11/h5-6,9H,3-4,7-8H2,1-2H3,(H,15,16). The van der Waals surface area contributed by atoms with Crippen molar-refractivity contribution in [1.82, 2.24) is 5.32 Å². The second-order valence-corrected chi connectivity index (χ2v) is 3.93. The molecule has 3 heteroatoms. The molecular formula is C13H18FNO. The van der Waals surface area contributed by atoms with E-state index in [0.29, 0.717) is 18.5 Å². The molecule has 0 atom stereocenters. The van der Waals surface area contributed by atoms with Crippen LogP contribution in [0.5, 0.6) is 0 Å². The fourth-order valence-electron chi connectivity index (χ4n) is 1.52. The summed E-state index contributed by atoms with van der Waals surface area (Å²) >= 11 is 0. The van der Waals surface area contributed by atoms with Crippen LogP contribution in [0.4, 0.5) is 4.39 Å². The second kappa shape index (κ2) is 6.26. The highest BCUT2D eigenvalue weighted by atomic mass is 19.1. The molecule has 0 unspecified atom stereocenters. The van der Waals surface area contributed by atoms with E-state index in [-0.39, 0.29) is 11.7 Å². The van der Waals surface area contributed by atoms with Crippen molar-refractivity contribution in [2.24, 2.45) is 0 Å². The summed E-state index contributed by atoms with van der Waals surface area (Å²) in [5.41, 5.74) is 1.70. The van der Waals surface area contributed by atoms with Gasteiger partial charge in [0.2, 0.25) is 5.91 Å². The van der Waals surface area contributed by atoms with Crippen LogP contribution in [0.1, 0.15) is 30.9 Å². The van der Waals surface area contributed by atoms with Gasteiger partial charge < -0.3 is 5.32 Å². The molecule has 0 aliphatic heterocycles. The molecule has 1 aromatic rings. The number of hydrogen-bond acceptors (Lipinski definition) is 1. The largest absolute Gasteiger partial charge is 0.356 e. The predicted molar refractivity (Wildman–Crippen MR) is 62.8 cm³/mol. The monoisotopic (exact) mass is 223 g/mol. The van der Waals surface area contributed by atoms with E-state index < -0.39 is 0 Å². The molecule has 0 bridgehead atoms. The third-order valence-corrected chi connectivity index (χ3v) is 2.44. The number of carbonyl (C=O) groups excluding carboxylic acids is 1. The van der Waals surface area contributed by atoms with E-state index in [4.69, 9.17) is 0 Å². The molecular weight excluding hydrogens is 205 g/mol. The minimum atomic E-state index is -0.182. The summed E-state index contributed by atoms with van der Waals surface area (Å²) in [6.45, 7) is 4.33. The van der Waals surface area contributed by atoms with Crippen LogP contribution in [0.25, 0.3) is 0 Å². The first-order valence-electron chi connectivity index (χ1n) is 5.65. The van der Waals surface area contributed by atoms with Gasteiger partial charge in [-0.15, -0.1) is 0 Å². The van der Waals surface area contributed by atoms with Gasteiger partial charge in [0, 0.05) is 13.0 Å². The number of nitrogens with one attached hydrogen (secondary N) is 1. The Balaban J connectivity index is 2.37. The third-order valence-electron chi connectivity index (χ3n) is 2.44. The molecule has 88 valence electrons. The van der Waals surface area contributed by atoms with Crippen LogP contribution in [0.2, 0.25) is 0 Å². The van der Waals surface area contributed by atoms with E-state index in [2.05, 4.69) is 5.32 Å². The minimum Gasteiger partial charge on any atom is -0.356 e. The van der Waals surface area contributed by atoms with E-state index in [1.54, 1.807) is 13.0 Å². The van der Waals surface area contributed by atoms with Crippen molar-refractivity contribution in [3.8, 4) is 0 Å². The van der Waals surface area contributed by atoms with Crippen molar-refractivity contribution in [3.63, 3.8) is 0 Å². The second-order valence-electron chi connectivity index (χ2n) is 3.93. The SMILES string of the molecule is CCCC(=O)NCCc1ccc(F)c(C)c1. The molecule has 1 amide bonds. The summed E-state index contributed by atoms with van der Waals surface area (Å²) in [4.78, 5) is 11.2. The Morgan fingerprint density at radius 2 is 2.19 bits per heavy atom. The van der Waals surface area contributed by atoms with Crippen molar-refractivity contribution < 1.29 is 9.18 Å². The summed E-state index contributed by atoms with van der Waals surface area (Å²) in [7, 11) is 0. The van der Waals surface area contributed by atoms with E-state index in [0.717, 1.165) is 18.4 Å². The lowest BCUT2D eigenvalue weighted by Crippen LogP contribution is -2.25. The maximum atomic E-state index is 13.0. The fourth-order valence-corrected chi connectivity index (χ4v) is 1.52. The molecule has 0 aliphatic rings. The molecule has 0 spiro atoms. The van der Waals surface area contributed by atoms with Crippen molar-refractivity contribution in [1.29, 1.82) is 0 Å². The van der Waals surface area contributed by atoms with E-state index in [9.17, 15) is 9.18 Å². The molecule has 0 saturated carbocycles. The van der Waals surface area contributed by atoms with Gasteiger partial charge in [0.25, 0.3) is 0 Å². The number of rotatable bonds is 5. The van der Waals surface area contributed by atoms with Gasteiger partial charge in [0.15, 0.2) is 0 Å². The lowest BCUT2D eigenvalue weighted by atomic mass is 10.1. The topological polar surface area (TPSA) is 29.1 Å². The normalized spacial score (nSPS) is 10.2. The molecule has 16 heavy (non-hydrogen) atoms. The van der Waals surface area contributed by atoms with Crippen molar-refractivity contribution in [2.75, 3.05) is 6.54 Å².